The number of nitrogens with two attached hydrogens (primary N) is 1. The Labute approximate surface area is 125 Å². The van der Waals surface area contributed by atoms with Crippen molar-refractivity contribution in [2.24, 2.45) is 5.73 Å². The quantitative estimate of drug-likeness (QED) is 0.838. The first-order chi connectivity index (χ1) is 10.1. The summed E-state index contributed by atoms with van der Waals surface area (Å²) < 4.78 is 12.9. The zero-order chi connectivity index (χ0) is 15.2. The molecule has 2 rings (SSSR count). The number of carbonyl (C=O) groups excluding carboxylic acids is 1. The van der Waals surface area contributed by atoms with E-state index < -0.39 is 0 Å². The van der Waals surface area contributed by atoms with E-state index in [4.69, 9.17) is 5.73 Å². The number of benzene rings is 1. The molecule has 2 atom stereocenters. The fourth-order valence-corrected chi connectivity index (χ4v) is 2.68. The molecule has 1 fully saturated rings. The lowest BCUT2D eigenvalue weighted by atomic mass is 10.1. The highest BCUT2D eigenvalue weighted by Gasteiger charge is 2.30. The van der Waals surface area contributed by atoms with Gasteiger partial charge in [-0.15, -0.1) is 0 Å². The van der Waals surface area contributed by atoms with E-state index in [1.54, 1.807) is 12.1 Å². The highest BCUT2D eigenvalue weighted by molar-refractivity contribution is 5.82. The lowest BCUT2D eigenvalue weighted by Gasteiger charge is -2.24. The Morgan fingerprint density at radius 2 is 2.19 bits per heavy atom. The number of halogens is 1. The van der Waals surface area contributed by atoms with E-state index in [2.05, 4.69) is 10.2 Å². The molecule has 0 radical (unpaired) electrons. The first-order valence-electron chi connectivity index (χ1n) is 7.58. The number of carbonyl (C=O) groups is 1. The molecule has 1 saturated heterocycles. The summed E-state index contributed by atoms with van der Waals surface area (Å²) in [5.74, 6) is -0.152. The van der Waals surface area contributed by atoms with Crippen LogP contribution in [-0.4, -0.2) is 36.0 Å². The molecule has 1 aromatic carbocycles. The van der Waals surface area contributed by atoms with Gasteiger partial charge in [0, 0.05) is 19.1 Å². The Morgan fingerprint density at radius 1 is 1.48 bits per heavy atom. The summed E-state index contributed by atoms with van der Waals surface area (Å²) in [5.41, 5.74) is 6.72. The maximum Gasteiger partial charge on any atom is 0.237 e. The third-order valence-corrected chi connectivity index (χ3v) is 3.86. The minimum absolute atomic E-state index is 0.0789. The molecule has 1 aliphatic rings. The average Bonchev–Trinajstić information content (AvgIpc) is 2.89. The number of nitrogens with zero attached hydrogens (tertiary/aromatic N) is 1. The number of hydrogen-bond acceptors (Lipinski definition) is 3. The first kappa shape index (κ1) is 15.9. The van der Waals surface area contributed by atoms with Gasteiger partial charge in [0.25, 0.3) is 0 Å². The maximum absolute atomic E-state index is 12.9. The zero-order valence-electron chi connectivity index (χ0n) is 12.5. The number of likely N-dealkylation sites (tertiary alicyclic amines) is 1. The molecule has 21 heavy (non-hydrogen) atoms. The Balaban J connectivity index is 1.87. The number of hydrogen-bond donors (Lipinski definition) is 2. The summed E-state index contributed by atoms with van der Waals surface area (Å²) in [6, 6.07) is 6.50. The second kappa shape index (κ2) is 7.52. The Morgan fingerprint density at radius 3 is 2.86 bits per heavy atom. The lowest BCUT2D eigenvalue weighted by molar-refractivity contribution is -0.125. The second-order valence-corrected chi connectivity index (χ2v) is 5.81. The van der Waals surface area contributed by atoms with Crippen LogP contribution in [0.3, 0.4) is 0 Å². The summed E-state index contributed by atoms with van der Waals surface area (Å²) in [6.07, 6.45) is 2.69. The normalized spacial score (nSPS) is 20.4. The minimum Gasteiger partial charge on any atom is -0.355 e. The van der Waals surface area contributed by atoms with Gasteiger partial charge in [0.2, 0.25) is 5.91 Å². The van der Waals surface area contributed by atoms with E-state index in [1.807, 2.05) is 6.92 Å². The fraction of sp³-hybridized carbons (Fsp3) is 0.562. The van der Waals surface area contributed by atoms with E-state index in [1.165, 1.54) is 12.1 Å². The Bertz CT molecular complexity index is 461. The van der Waals surface area contributed by atoms with Crippen molar-refractivity contribution in [3.8, 4) is 0 Å². The number of nitrogens with one attached hydrogen (secondary N) is 1. The van der Waals surface area contributed by atoms with E-state index in [0.717, 1.165) is 31.4 Å². The molecule has 1 aromatic rings. The van der Waals surface area contributed by atoms with Crippen molar-refractivity contribution in [2.45, 2.75) is 44.8 Å². The molecule has 116 valence electrons. The molecule has 0 aliphatic carbocycles. The van der Waals surface area contributed by atoms with Gasteiger partial charge < -0.3 is 11.1 Å². The summed E-state index contributed by atoms with van der Waals surface area (Å²) in [4.78, 5) is 14.4. The molecule has 0 bridgehead atoms. The van der Waals surface area contributed by atoms with Crippen molar-refractivity contribution in [1.82, 2.24) is 10.2 Å². The molecule has 0 saturated carbocycles. The van der Waals surface area contributed by atoms with Gasteiger partial charge in [-0.05, 0) is 50.4 Å². The highest BCUT2D eigenvalue weighted by Crippen LogP contribution is 2.20. The standard InChI is InChI=1S/C16H24FN3O/c1-12(18)8-9-19-16(21)15-3-2-10-20(15)11-13-4-6-14(17)7-5-13/h4-7,12,15H,2-3,8-11,18H2,1H3,(H,19,21). The van der Waals surface area contributed by atoms with Crippen LogP contribution in [0.4, 0.5) is 4.39 Å². The van der Waals surface area contributed by atoms with Gasteiger partial charge >= 0.3 is 0 Å². The maximum atomic E-state index is 12.9. The van der Waals surface area contributed by atoms with E-state index in [-0.39, 0.29) is 23.8 Å². The van der Waals surface area contributed by atoms with E-state index in [9.17, 15) is 9.18 Å². The predicted octanol–water partition coefficient (Wildman–Crippen LogP) is 1.64. The van der Waals surface area contributed by atoms with Crippen LogP contribution >= 0.6 is 0 Å². The van der Waals surface area contributed by atoms with Crippen molar-refractivity contribution < 1.29 is 9.18 Å². The first-order valence-corrected chi connectivity index (χ1v) is 7.58. The van der Waals surface area contributed by atoms with Gasteiger partial charge in [-0.3, -0.25) is 9.69 Å². The second-order valence-electron chi connectivity index (χ2n) is 5.81. The molecule has 3 N–H and O–H groups in total. The highest BCUT2D eigenvalue weighted by atomic mass is 19.1. The van der Waals surface area contributed by atoms with Crippen molar-refractivity contribution in [3.63, 3.8) is 0 Å². The van der Waals surface area contributed by atoms with Crippen molar-refractivity contribution in [3.05, 3.63) is 35.6 Å². The third-order valence-electron chi connectivity index (χ3n) is 3.86. The summed E-state index contributed by atoms with van der Waals surface area (Å²) >= 11 is 0. The van der Waals surface area contributed by atoms with Crippen LogP contribution in [0.25, 0.3) is 0 Å². The van der Waals surface area contributed by atoms with Crippen LogP contribution in [-0.2, 0) is 11.3 Å². The van der Waals surface area contributed by atoms with Gasteiger partial charge in [-0.2, -0.15) is 0 Å². The van der Waals surface area contributed by atoms with Crippen LogP contribution < -0.4 is 11.1 Å². The van der Waals surface area contributed by atoms with E-state index >= 15 is 0 Å². The van der Waals surface area contributed by atoms with Gasteiger partial charge in [0.15, 0.2) is 0 Å². The lowest BCUT2D eigenvalue weighted by Crippen LogP contribution is -2.43. The largest absolute Gasteiger partial charge is 0.355 e. The monoisotopic (exact) mass is 293 g/mol. The minimum atomic E-state index is -0.231. The van der Waals surface area contributed by atoms with Crippen molar-refractivity contribution in [1.29, 1.82) is 0 Å². The SMILES string of the molecule is CC(N)CCNC(=O)C1CCCN1Cc1ccc(F)cc1. The molecule has 0 spiro atoms. The molecule has 2 unspecified atom stereocenters. The third kappa shape index (κ3) is 4.79. The smallest absolute Gasteiger partial charge is 0.237 e. The molecule has 1 heterocycles. The van der Waals surface area contributed by atoms with Gasteiger partial charge in [0.1, 0.15) is 5.82 Å². The van der Waals surface area contributed by atoms with Crippen LogP contribution in [0.2, 0.25) is 0 Å². The Hall–Kier alpha value is -1.46. The molecular formula is C16H24FN3O. The predicted molar refractivity (Wildman–Crippen MR) is 81.1 cm³/mol. The molecule has 0 aromatic heterocycles. The van der Waals surface area contributed by atoms with Crippen LogP contribution in [0.5, 0.6) is 0 Å². The van der Waals surface area contributed by atoms with Crippen LogP contribution in [0.15, 0.2) is 24.3 Å². The van der Waals surface area contributed by atoms with Gasteiger partial charge in [0.05, 0.1) is 6.04 Å². The van der Waals surface area contributed by atoms with Crippen molar-refractivity contribution in [2.75, 3.05) is 13.1 Å². The van der Waals surface area contributed by atoms with Gasteiger partial charge in [-0.1, -0.05) is 12.1 Å². The van der Waals surface area contributed by atoms with Gasteiger partial charge in [-0.25, -0.2) is 4.39 Å². The topological polar surface area (TPSA) is 58.4 Å². The molecule has 4 nitrogen and oxygen atoms in total. The van der Waals surface area contributed by atoms with E-state index in [0.29, 0.717) is 13.1 Å². The van der Waals surface area contributed by atoms with Crippen LogP contribution in [0, 0.1) is 5.82 Å². The molecule has 5 heteroatoms. The zero-order valence-corrected chi connectivity index (χ0v) is 12.5. The van der Waals surface area contributed by atoms with Crippen molar-refractivity contribution >= 4 is 5.91 Å². The fourth-order valence-electron chi connectivity index (χ4n) is 2.68. The summed E-state index contributed by atoms with van der Waals surface area (Å²) in [6.45, 7) is 4.15. The number of rotatable bonds is 6. The molecular weight excluding hydrogens is 269 g/mol. The summed E-state index contributed by atoms with van der Waals surface area (Å²) in [7, 11) is 0. The van der Waals surface area contributed by atoms with Crippen LogP contribution in [0.1, 0.15) is 31.7 Å². The molecule has 1 amide bonds. The molecule has 1 aliphatic heterocycles. The summed E-state index contributed by atoms with van der Waals surface area (Å²) in [5, 5.41) is 2.96. The Kier molecular flexibility index (Phi) is 5.70. The number of amides is 1. The average molecular weight is 293 g/mol.